The second-order valence-corrected chi connectivity index (χ2v) is 5.84. The van der Waals surface area contributed by atoms with Crippen molar-refractivity contribution in [1.82, 2.24) is 5.32 Å². The minimum Gasteiger partial charge on any atom is -0.309 e. The highest BCUT2D eigenvalue weighted by molar-refractivity contribution is 4.82. The zero-order valence-electron chi connectivity index (χ0n) is 10.7. The fourth-order valence-corrected chi connectivity index (χ4v) is 1.94. The van der Waals surface area contributed by atoms with E-state index in [0.717, 1.165) is 6.42 Å². The summed E-state index contributed by atoms with van der Waals surface area (Å²) in [6, 6.07) is 0. The SMILES string of the molecule is CC(C)(C)CC(C)(C)NCCOC(F)(F)F. The van der Waals surface area contributed by atoms with Crippen LogP contribution in [0.15, 0.2) is 0 Å². The molecular formula is C11H22F3NO. The average molecular weight is 241 g/mol. The summed E-state index contributed by atoms with van der Waals surface area (Å²) in [6.45, 7) is 10.1. The summed E-state index contributed by atoms with van der Waals surface area (Å²) in [7, 11) is 0. The van der Waals surface area contributed by atoms with E-state index in [1.165, 1.54) is 0 Å². The van der Waals surface area contributed by atoms with Crippen molar-refractivity contribution < 1.29 is 17.9 Å². The number of nitrogens with one attached hydrogen (secondary N) is 1. The van der Waals surface area contributed by atoms with E-state index in [-0.39, 0.29) is 24.1 Å². The second-order valence-electron chi connectivity index (χ2n) is 5.84. The van der Waals surface area contributed by atoms with Gasteiger partial charge in [0.2, 0.25) is 0 Å². The van der Waals surface area contributed by atoms with E-state index in [2.05, 4.69) is 30.8 Å². The molecule has 0 aliphatic carbocycles. The van der Waals surface area contributed by atoms with Gasteiger partial charge in [0.1, 0.15) is 0 Å². The summed E-state index contributed by atoms with van der Waals surface area (Å²) >= 11 is 0. The Morgan fingerprint density at radius 1 is 1.00 bits per heavy atom. The minimum atomic E-state index is -4.53. The molecule has 0 aromatic rings. The fourth-order valence-electron chi connectivity index (χ4n) is 1.94. The van der Waals surface area contributed by atoms with Crippen LogP contribution in [0, 0.1) is 5.41 Å². The number of hydrogen-bond acceptors (Lipinski definition) is 2. The topological polar surface area (TPSA) is 21.3 Å². The van der Waals surface area contributed by atoms with Crippen molar-refractivity contribution in [2.45, 2.75) is 52.9 Å². The molecule has 0 unspecified atom stereocenters. The van der Waals surface area contributed by atoms with Crippen molar-refractivity contribution in [2.75, 3.05) is 13.2 Å². The molecule has 0 aromatic heterocycles. The van der Waals surface area contributed by atoms with Crippen LogP contribution in [-0.4, -0.2) is 25.1 Å². The first-order valence-electron chi connectivity index (χ1n) is 5.37. The molecule has 1 N–H and O–H groups in total. The maximum Gasteiger partial charge on any atom is 0.522 e. The summed E-state index contributed by atoms with van der Waals surface area (Å²) in [5.74, 6) is 0. The molecule has 2 nitrogen and oxygen atoms in total. The van der Waals surface area contributed by atoms with Crippen molar-refractivity contribution >= 4 is 0 Å². The molecule has 0 amide bonds. The molecule has 0 heterocycles. The molecule has 0 rings (SSSR count). The molecule has 0 saturated heterocycles. The Labute approximate surface area is 95.5 Å². The summed E-state index contributed by atoms with van der Waals surface area (Å²) in [5.41, 5.74) is -0.0470. The van der Waals surface area contributed by atoms with Gasteiger partial charge in [-0.25, -0.2) is 0 Å². The number of ether oxygens (including phenoxy) is 1. The normalized spacial score (nSPS) is 14.2. The zero-order valence-corrected chi connectivity index (χ0v) is 10.7. The second kappa shape index (κ2) is 5.36. The highest BCUT2D eigenvalue weighted by Crippen LogP contribution is 2.26. The molecule has 0 bridgehead atoms. The lowest BCUT2D eigenvalue weighted by atomic mass is 9.82. The van der Waals surface area contributed by atoms with Gasteiger partial charge in [0.05, 0.1) is 6.61 Å². The third kappa shape index (κ3) is 10.2. The van der Waals surface area contributed by atoms with Gasteiger partial charge < -0.3 is 5.32 Å². The van der Waals surface area contributed by atoms with Crippen molar-refractivity contribution in [3.05, 3.63) is 0 Å². The van der Waals surface area contributed by atoms with Crippen LogP contribution in [0.3, 0.4) is 0 Å². The van der Waals surface area contributed by atoms with Gasteiger partial charge in [-0.1, -0.05) is 20.8 Å². The summed E-state index contributed by atoms with van der Waals surface area (Å²) < 4.78 is 38.8. The number of alkyl halides is 3. The summed E-state index contributed by atoms with van der Waals surface area (Å²) in [5, 5.41) is 3.06. The summed E-state index contributed by atoms with van der Waals surface area (Å²) in [4.78, 5) is 0. The molecule has 0 radical (unpaired) electrons. The standard InChI is InChI=1S/C11H22F3NO/c1-9(2,3)8-10(4,5)15-6-7-16-11(12,13)14/h15H,6-8H2,1-5H3. The largest absolute Gasteiger partial charge is 0.522 e. The predicted molar refractivity (Wildman–Crippen MR) is 58.2 cm³/mol. The van der Waals surface area contributed by atoms with Crippen molar-refractivity contribution in [2.24, 2.45) is 5.41 Å². The van der Waals surface area contributed by atoms with Gasteiger partial charge in [0.15, 0.2) is 0 Å². The van der Waals surface area contributed by atoms with Crippen LogP contribution in [0.5, 0.6) is 0 Å². The van der Waals surface area contributed by atoms with Crippen LogP contribution in [0.1, 0.15) is 41.0 Å². The van der Waals surface area contributed by atoms with E-state index in [1.807, 2.05) is 13.8 Å². The molecule has 0 aliphatic heterocycles. The van der Waals surface area contributed by atoms with Crippen LogP contribution in [0.4, 0.5) is 13.2 Å². The Kier molecular flexibility index (Phi) is 5.26. The molecule has 0 fully saturated rings. The number of rotatable bonds is 5. The molecule has 5 heteroatoms. The molecule has 0 atom stereocenters. The van der Waals surface area contributed by atoms with E-state index >= 15 is 0 Å². The van der Waals surface area contributed by atoms with E-state index in [9.17, 15) is 13.2 Å². The number of halogens is 3. The fraction of sp³-hybridized carbons (Fsp3) is 1.00. The van der Waals surface area contributed by atoms with Gasteiger partial charge in [0.25, 0.3) is 0 Å². The van der Waals surface area contributed by atoms with Crippen LogP contribution >= 0.6 is 0 Å². The lowest BCUT2D eigenvalue weighted by Crippen LogP contribution is -2.44. The summed E-state index contributed by atoms with van der Waals surface area (Å²) in [6.07, 6.45) is -3.65. The highest BCUT2D eigenvalue weighted by atomic mass is 19.4. The Hall–Kier alpha value is -0.290. The lowest BCUT2D eigenvalue weighted by Gasteiger charge is -2.33. The lowest BCUT2D eigenvalue weighted by molar-refractivity contribution is -0.323. The first-order chi connectivity index (χ1) is 6.91. The smallest absolute Gasteiger partial charge is 0.309 e. The van der Waals surface area contributed by atoms with Gasteiger partial charge in [-0.2, -0.15) is 0 Å². The Morgan fingerprint density at radius 2 is 1.50 bits per heavy atom. The average Bonchev–Trinajstić information content (AvgIpc) is 1.91. The first-order valence-corrected chi connectivity index (χ1v) is 5.37. The van der Waals surface area contributed by atoms with Crippen molar-refractivity contribution in [3.8, 4) is 0 Å². The molecule has 0 aliphatic rings. The predicted octanol–water partition coefficient (Wildman–Crippen LogP) is 3.33. The van der Waals surface area contributed by atoms with Crippen molar-refractivity contribution in [3.63, 3.8) is 0 Å². The Balaban J connectivity index is 3.83. The minimum absolute atomic E-state index is 0.140. The maximum absolute atomic E-state index is 11.7. The van der Waals surface area contributed by atoms with Gasteiger partial charge in [-0.15, -0.1) is 13.2 Å². The van der Waals surface area contributed by atoms with Crippen molar-refractivity contribution in [1.29, 1.82) is 0 Å². The molecule has 0 spiro atoms. The Bertz CT molecular complexity index is 206. The van der Waals surface area contributed by atoms with Gasteiger partial charge >= 0.3 is 6.36 Å². The van der Waals surface area contributed by atoms with Crippen LogP contribution in [0.2, 0.25) is 0 Å². The maximum atomic E-state index is 11.7. The number of hydrogen-bond donors (Lipinski definition) is 1. The van der Waals surface area contributed by atoms with Crippen LogP contribution in [0.25, 0.3) is 0 Å². The van der Waals surface area contributed by atoms with E-state index in [0.29, 0.717) is 0 Å². The third-order valence-electron chi connectivity index (χ3n) is 1.94. The zero-order chi connectivity index (χ0) is 13.0. The Morgan fingerprint density at radius 3 is 1.88 bits per heavy atom. The first kappa shape index (κ1) is 15.7. The molecule has 98 valence electrons. The monoisotopic (exact) mass is 241 g/mol. The quantitative estimate of drug-likeness (QED) is 0.745. The molecular weight excluding hydrogens is 219 g/mol. The molecule has 0 aromatic carbocycles. The van der Waals surface area contributed by atoms with Crippen LogP contribution in [-0.2, 0) is 4.74 Å². The van der Waals surface area contributed by atoms with Gasteiger partial charge in [-0.05, 0) is 25.7 Å². The van der Waals surface area contributed by atoms with Gasteiger partial charge in [0, 0.05) is 12.1 Å². The van der Waals surface area contributed by atoms with E-state index in [4.69, 9.17) is 0 Å². The van der Waals surface area contributed by atoms with Gasteiger partial charge in [-0.3, -0.25) is 4.74 Å². The van der Waals surface area contributed by atoms with E-state index in [1.54, 1.807) is 0 Å². The molecule has 0 saturated carbocycles. The molecule has 16 heavy (non-hydrogen) atoms. The highest BCUT2D eigenvalue weighted by Gasteiger charge is 2.29. The third-order valence-corrected chi connectivity index (χ3v) is 1.94. The van der Waals surface area contributed by atoms with E-state index < -0.39 is 6.36 Å². The van der Waals surface area contributed by atoms with Crippen LogP contribution < -0.4 is 5.32 Å².